The van der Waals surface area contributed by atoms with Crippen LogP contribution in [-0.2, 0) is 11.2 Å². The first-order valence-corrected chi connectivity index (χ1v) is 10.2. The molecule has 0 bridgehead atoms. The molecule has 1 aliphatic carbocycles. The van der Waals surface area contributed by atoms with Crippen molar-refractivity contribution in [2.75, 3.05) is 29.4 Å². The van der Waals surface area contributed by atoms with Crippen molar-refractivity contribution in [2.45, 2.75) is 38.3 Å². The summed E-state index contributed by atoms with van der Waals surface area (Å²) in [5, 5.41) is 3.27. The molecule has 1 saturated heterocycles. The summed E-state index contributed by atoms with van der Waals surface area (Å²) in [4.78, 5) is 18.0. The summed E-state index contributed by atoms with van der Waals surface area (Å²) < 4.78 is 0. The van der Waals surface area contributed by atoms with Gasteiger partial charge in [0, 0.05) is 37.1 Å². The van der Waals surface area contributed by atoms with Crippen LogP contribution in [0.5, 0.6) is 0 Å². The average Bonchev–Trinajstić information content (AvgIpc) is 3.51. The second kappa shape index (κ2) is 6.59. The molecular formula is C23H27N3O. The first kappa shape index (κ1) is 16.7. The van der Waals surface area contributed by atoms with E-state index in [4.69, 9.17) is 0 Å². The molecule has 140 valence electrons. The predicted octanol–water partition coefficient (Wildman–Crippen LogP) is 3.14. The summed E-state index contributed by atoms with van der Waals surface area (Å²) >= 11 is 0. The van der Waals surface area contributed by atoms with E-state index >= 15 is 0 Å². The maximum atomic E-state index is 13.0. The molecule has 1 saturated carbocycles. The number of fused-ring (bicyclic) bond motifs is 3. The molecule has 27 heavy (non-hydrogen) atoms. The molecule has 0 unspecified atom stereocenters. The van der Waals surface area contributed by atoms with E-state index in [2.05, 4.69) is 70.6 Å². The molecule has 1 amide bonds. The third-order valence-corrected chi connectivity index (χ3v) is 6.28. The molecule has 2 atom stereocenters. The fourth-order valence-electron chi connectivity index (χ4n) is 4.58. The van der Waals surface area contributed by atoms with E-state index in [1.807, 2.05) is 0 Å². The van der Waals surface area contributed by atoms with Gasteiger partial charge in [0.1, 0.15) is 0 Å². The summed E-state index contributed by atoms with van der Waals surface area (Å²) in [6.07, 6.45) is 3.12. The number of hydrogen-bond donors (Lipinski definition) is 1. The van der Waals surface area contributed by atoms with E-state index in [1.165, 1.54) is 22.5 Å². The van der Waals surface area contributed by atoms with Crippen molar-refractivity contribution in [1.29, 1.82) is 0 Å². The highest BCUT2D eigenvalue weighted by Crippen LogP contribution is 2.37. The number of aryl methyl sites for hydroxylation is 1. The lowest BCUT2D eigenvalue weighted by atomic mass is 9.83. The number of rotatable bonds is 3. The Morgan fingerprint density at radius 2 is 1.81 bits per heavy atom. The van der Waals surface area contributed by atoms with Crippen LogP contribution in [0.15, 0.2) is 48.5 Å². The largest absolute Gasteiger partial charge is 0.368 e. The molecular weight excluding hydrogens is 334 g/mol. The topological polar surface area (TPSA) is 35.6 Å². The van der Waals surface area contributed by atoms with E-state index in [-0.39, 0.29) is 17.9 Å². The van der Waals surface area contributed by atoms with Gasteiger partial charge in [-0.15, -0.1) is 0 Å². The predicted molar refractivity (Wildman–Crippen MR) is 109 cm³/mol. The van der Waals surface area contributed by atoms with Gasteiger partial charge in [0.05, 0.1) is 12.0 Å². The summed E-state index contributed by atoms with van der Waals surface area (Å²) in [5.41, 5.74) is 5.18. The number of amides is 1. The van der Waals surface area contributed by atoms with Crippen LogP contribution in [0.25, 0.3) is 0 Å². The quantitative estimate of drug-likeness (QED) is 0.912. The second-order valence-electron chi connectivity index (χ2n) is 8.26. The molecule has 2 aromatic carbocycles. The molecule has 2 heterocycles. The van der Waals surface area contributed by atoms with Gasteiger partial charge in [-0.05, 0) is 49.9 Å². The molecule has 3 aliphatic rings. The smallest absolute Gasteiger partial charge is 0.225 e. The number of para-hydroxylation sites is 1. The van der Waals surface area contributed by atoms with Crippen molar-refractivity contribution in [1.82, 2.24) is 5.32 Å². The summed E-state index contributed by atoms with van der Waals surface area (Å²) in [5.74, 6) is 0.265. The van der Waals surface area contributed by atoms with Gasteiger partial charge in [-0.2, -0.15) is 0 Å². The molecule has 2 aromatic rings. The van der Waals surface area contributed by atoms with E-state index in [1.54, 1.807) is 0 Å². The lowest BCUT2D eigenvalue weighted by Crippen LogP contribution is -2.61. The lowest BCUT2D eigenvalue weighted by Gasteiger charge is -2.49. The van der Waals surface area contributed by atoms with Crippen LogP contribution in [0.4, 0.5) is 11.4 Å². The first-order chi connectivity index (χ1) is 13.2. The Morgan fingerprint density at radius 1 is 1.04 bits per heavy atom. The number of benzene rings is 2. The van der Waals surface area contributed by atoms with Gasteiger partial charge in [-0.3, -0.25) is 4.79 Å². The highest BCUT2D eigenvalue weighted by atomic mass is 16.2. The van der Waals surface area contributed by atoms with Crippen molar-refractivity contribution >= 4 is 17.3 Å². The van der Waals surface area contributed by atoms with Crippen molar-refractivity contribution in [3.8, 4) is 0 Å². The summed E-state index contributed by atoms with van der Waals surface area (Å²) in [6, 6.07) is 18.0. The minimum absolute atomic E-state index is 0.0220. The lowest BCUT2D eigenvalue weighted by molar-refractivity contribution is -0.126. The number of carbonyl (C=O) groups is 1. The minimum Gasteiger partial charge on any atom is -0.368 e. The monoisotopic (exact) mass is 361 g/mol. The highest BCUT2D eigenvalue weighted by Gasteiger charge is 2.42. The van der Waals surface area contributed by atoms with Crippen LogP contribution in [0.1, 0.15) is 24.0 Å². The number of anilines is 2. The fraction of sp³-hybridized carbons (Fsp3) is 0.435. The zero-order chi connectivity index (χ0) is 18.4. The Bertz CT molecular complexity index is 843. The fourth-order valence-corrected chi connectivity index (χ4v) is 4.58. The Labute approximate surface area is 161 Å². The third kappa shape index (κ3) is 3.18. The standard InChI is InChI=1S/C23H27N3O/c1-16-6-10-19(11-7-16)25-12-13-26-21-5-3-2-4-17(21)14-20(22(26)15-25)23(27)24-18-8-9-18/h2-7,10-11,18,20,22H,8-9,12-15H2,1H3,(H,24,27)/t20-,22+/m1/s1. The average molecular weight is 361 g/mol. The Morgan fingerprint density at radius 3 is 2.59 bits per heavy atom. The molecule has 0 spiro atoms. The van der Waals surface area contributed by atoms with Gasteiger partial charge in [0.2, 0.25) is 5.91 Å². The van der Waals surface area contributed by atoms with Gasteiger partial charge < -0.3 is 15.1 Å². The van der Waals surface area contributed by atoms with Crippen LogP contribution in [0.2, 0.25) is 0 Å². The SMILES string of the molecule is Cc1ccc(N2CCN3c4ccccc4C[C@@H](C(=O)NC4CC4)[C@@H]3C2)cc1. The molecule has 2 fully saturated rings. The Balaban J connectivity index is 1.44. The van der Waals surface area contributed by atoms with Crippen molar-refractivity contribution in [3.05, 3.63) is 59.7 Å². The van der Waals surface area contributed by atoms with Crippen LogP contribution in [0, 0.1) is 12.8 Å². The zero-order valence-corrected chi connectivity index (χ0v) is 15.9. The van der Waals surface area contributed by atoms with Crippen molar-refractivity contribution < 1.29 is 4.79 Å². The molecule has 4 heteroatoms. The van der Waals surface area contributed by atoms with Gasteiger partial charge in [-0.25, -0.2) is 0 Å². The normalized spacial score (nSPS) is 24.2. The van der Waals surface area contributed by atoms with E-state index in [9.17, 15) is 4.79 Å². The first-order valence-electron chi connectivity index (χ1n) is 10.2. The Kier molecular flexibility index (Phi) is 4.07. The van der Waals surface area contributed by atoms with Crippen LogP contribution >= 0.6 is 0 Å². The van der Waals surface area contributed by atoms with Gasteiger partial charge >= 0.3 is 0 Å². The molecule has 0 radical (unpaired) electrons. The number of piperazine rings is 1. The number of nitrogens with zero attached hydrogens (tertiary/aromatic N) is 2. The molecule has 4 nitrogen and oxygen atoms in total. The van der Waals surface area contributed by atoms with E-state index in [0.29, 0.717) is 6.04 Å². The van der Waals surface area contributed by atoms with E-state index < -0.39 is 0 Å². The van der Waals surface area contributed by atoms with Crippen molar-refractivity contribution in [3.63, 3.8) is 0 Å². The zero-order valence-electron chi connectivity index (χ0n) is 15.9. The van der Waals surface area contributed by atoms with Crippen LogP contribution in [-0.4, -0.2) is 37.6 Å². The molecule has 5 rings (SSSR count). The summed E-state index contributed by atoms with van der Waals surface area (Å²) in [6.45, 7) is 4.98. The maximum absolute atomic E-state index is 13.0. The highest BCUT2D eigenvalue weighted by molar-refractivity contribution is 5.83. The molecule has 2 aliphatic heterocycles. The van der Waals surface area contributed by atoms with Gasteiger partial charge in [0.15, 0.2) is 0 Å². The summed E-state index contributed by atoms with van der Waals surface area (Å²) in [7, 11) is 0. The number of carbonyl (C=O) groups excluding carboxylic acids is 1. The second-order valence-corrected chi connectivity index (χ2v) is 8.26. The maximum Gasteiger partial charge on any atom is 0.225 e. The molecule has 1 N–H and O–H groups in total. The van der Waals surface area contributed by atoms with Gasteiger partial charge in [0.25, 0.3) is 0 Å². The number of hydrogen-bond acceptors (Lipinski definition) is 3. The van der Waals surface area contributed by atoms with Crippen LogP contribution < -0.4 is 15.1 Å². The van der Waals surface area contributed by atoms with Crippen LogP contribution in [0.3, 0.4) is 0 Å². The number of nitrogens with one attached hydrogen (secondary N) is 1. The third-order valence-electron chi connectivity index (χ3n) is 6.28. The molecule has 0 aromatic heterocycles. The van der Waals surface area contributed by atoms with Gasteiger partial charge in [-0.1, -0.05) is 35.9 Å². The minimum atomic E-state index is 0.0220. The van der Waals surface area contributed by atoms with Crippen molar-refractivity contribution in [2.24, 2.45) is 5.92 Å². The Hall–Kier alpha value is -2.49. The van der Waals surface area contributed by atoms with E-state index in [0.717, 1.165) is 38.9 Å².